The number of hydrogen-bond donors (Lipinski definition) is 1. The molecule has 31 heavy (non-hydrogen) atoms. The van der Waals surface area contributed by atoms with E-state index in [9.17, 15) is 9.90 Å². The van der Waals surface area contributed by atoms with Crippen LogP contribution >= 0.6 is 0 Å². The highest BCUT2D eigenvalue weighted by molar-refractivity contribution is 5.69. The average molecular weight is 437 g/mol. The van der Waals surface area contributed by atoms with Gasteiger partial charge in [0.15, 0.2) is 0 Å². The third-order valence-corrected chi connectivity index (χ3v) is 6.57. The van der Waals surface area contributed by atoms with Crippen LogP contribution in [0.4, 0.5) is 0 Å². The van der Waals surface area contributed by atoms with E-state index in [4.69, 9.17) is 0 Å². The fourth-order valence-corrected chi connectivity index (χ4v) is 4.38. The zero-order valence-electron chi connectivity index (χ0n) is 21.4. The highest BCUT2D eigenvalue weighted by Gasteiger charge is 2.16. The van der Waals surface area contributed by atoms with Crippen LogP contribution in [0.15, 0.2) is 12.2 Å². The number of carboxylic acid groups (broad SMARTS) is 1. The second-order valence-corrected chi connectivity index (χ2v) is 9.67. The van der Waals surface area contributed by atoms with E-state index in [0.717, 1.165) is 25.7 Å². The predicted molar refractivity (Wildman–Crippen MR) is 138 cm³/mol. The third kappa shape index (κ3) is 23.7. The van der Waals surface area contributed by atoms with Crippen molar-refractivity contribution in [1.82, 2.24) is 0 Å². The summed E-state index contributed by atoms with van der Waals surface area (Å²) < 4.78 is 0. The molecule has 0 saturated heterocycles. The van der Waals surface area contributed by atoms with Crippen molar-refractivity contribution in [2.75, 3.05) is 0 Å². The molecular formula is C29H56O2. The summed E-state index contributed by atoms with van der Waals surface area (Å²) in [6, 6.07) is 0. The Kier molecular flexibility index (Phi) is 24.8. The zero-order valence-corrected chi connectivity index (χ0v) is 21.4. The van der Waals surface area contributed by atoms with Crippen molar-refractivity contribution in [3.63, 3.8) is 0 Å². The van der Waals surface area contributed by atoms with Gasteiger partial charge in [-0.2, -0.15) is 0 Å². The first-order valence-electron chi connectivity index (χ1n) is 14.1. The minimum Gasteiger partial charge on any atom is -0.481 e. The minimum atomic E-state index is -0.572. The Morgan fingerprint density at radius 2 is 0.871 bits per heavy atom. The van der Waals surface area contributed by atoms with Gasteiger partial charge in [-0.3, -0.25) is 4.79 Å². The van der Waals surface area contributed by atoms with Crippen LogP contribution in [-0.2, 0) is 4.79 Å². The highest BCUT2D eigenvalue weighted by atomic mass is 16.4. The van der Waals surface area contributed by atoms with E-state index in [0.29, 0.717) is 0 Å². The van der Waals surface area contributed by atoms with Crippen LogP contribution in [0.25, 0.3) is 0 Å². The number of carboxylic acids is 1. The fourth-order valence-electron chi connectivity index (χ4n) is 4.38. The minimum absolute atomic E-state index is 0.109. The molecule has 0 aliphatic carbocycles. The summed E-state index contributed by atoms with van der Waals surface area (Å²) in [5.74, 6) is -0.682. The molecule has 0 radical (unpaired) electrons. The van der Waals surface area contributed by atoms with E-state index >= 15 is 0 Å². The summed E-state index contributed by atoms with van der Waals surface area (Å²) in [6.07, 6.45) is 33.6. The van der Waals surface area contributed by atoms with Crippen molar-refractivity contribution < 1.29 is 9.90 Å². The average Bonchev–Trinajstić information content (AvgIpc) is 2.76. The van der Waals surface area contributed by atoms with Gasteiger partial charge in [-0.1, -0.05) is 135 Å². The van der Waals surface area contributed by atoms with Gasteiger partial charge in [0.25, 0.3) is 0 Å². The van der Waals surface area contributed by atoms with Crippen molar-refractivity contribution in [3.8, 4) is 0 Å². The molecule has 0 aliphatic heterocycles. The summed E-state index contributed by atoms with van der Waals surface area (Å²) in [5.41, 5.74) is 0. The Bertz CT molecular complexity index is 388. The zero-order chi connectivity index (χ0) is 22.8. The molecule has 0 amide bonds. The van der Waals surface area contributed by atoms with Crippen LogP contribution in [0.5, 0.6) is 0 Å². The molecule has 0 aliphatic rings. The summed E-state index contributed by atoms with van der Waals surface area (Å²) in [5, 5.41) is 9.49. The Balaban J connectivity index is 3.48. The molecule has 0 heterocycles. The third-order valence-electron chi connectivity index (χ3n) is 6.57. The number of rotatable bonds is 25. The van der Waals surface area contributed by atoms with Crippen molar-refractivity contribution >= 4 is 5.97 Å². The van der Waals surface area contributed by atoms with Crippen LogP contribution in [0.3, 0.4) is 0 Å². The second kappa shape index (κ2) is 25.5. The fraction of sp³-hybridized carbons (Fsp3) is 0.897. The molecule has 0 rings (SSSR count). The van der Waals surface area contributed by atoms with Gasteiger partial charge in [0.1, 0.15) is 0 Å². The molecule has 184 valence electrons. The number of carbonyl (C=O) groups is 1. The quantitative estimate of drug-likeness (QED) is 0.114. The van der Waals surface area contributed by atoms with Gasteiger partial charge < -0.3 is 5.11 Å². The van der Waals surface area contributed by atoms with E-state index in [1.807, 2.05) is 0 Å². The molecule has 0 aromatic carbocycles. The van der Waals surface area contributed by atoms with Crippen LogP contribution < -0.4 is 0 Å². The number of aliphatic carboxylic acids is 1. The van der Waals surface area contributed by atoms with Gasteiger partial charge in [-0.15, -0.1) is 0 Å². The first-order chi connectivity index (χ1) is 15.2. The van der Waals surface area contributed by atoms with E-state index in [2.05, 4.69) is 26.0 Å². The van der Waals surface area contributed by atoms with E-state index in [1.54, 1.807) is 0 Å². The van der Waals surface area contributed by atoms with Gasteiger partial charge in [0, 0.05) is 0 Å². The lowest BCUT2D eigenvalue weighted by Crippen LogP contribution is -2.13. The van der Waals surface area contributed by atoms with Gasteiger partial charge >= 0.3 is 5.97 Å². The van der Waals surface area contributed by atoms with Gasteiger partial charge in [0.05, 0.1) is 5.92 Å². The van der Waals surface area contributed by atoms with Crippen LogP contribution in [-0.4, -0.2) is 11.1 Å². The SMILES string of the molecule is CCCCCCCCC=CCCCCCCC(CCCCCCCCCCC)C(=O)O. The summed E-state index contributed by atoms with van der Waals surface area (Å²) in [4.78, 5) is 11.5. The van der Waals surface area contributed by atoms with E-state index in [-0.39, 0.29) is 5.92 Å². The number of unbranched alkanes of at least 4 members (excludes halogenated alkanes) is 18. The molecule has 0 saturated carbocycles. The molecule has 0 aromatic rings. The predicted octanol–water partition coefficient (Wildman–Crippen LogP) is 10.3. The lowest BCUT2D eigenvalue weighted by atomic mass is 9.94. The van der Waals surface area contributed by atoms with E-state index < -0.39 is 5.97 Å². The molecule has 1 unspecified atom stereocenters. The molecule has 1 atom stereocenters. The topological polar surface area (TPSA) is 37.3 Å². The van der Waals surface area contributed by atoms with Crippen LogP contribution in [0.1, 0.15) is 162 Å². The Morgan fingerprint density at radius 1 is 0.548 bits per heavy atom. The standard InChI is InChI=1S/C29H56O2/c1-3-5-7-9-11-13-14-15-16-17-19-21-23-25-27-28(29(30)31)26-24-22-20-18-12-10-8-6-4-2/h15-16,28H,3-14,17-27H2,1-2H3,(H,30,31). The normalized spacial score (nSPS) is 12.6. The lowest BCUT2D eigenvalue weighted by Gasteiger charge is -2.12. The monoisotopic (exact) mass is 436 g/mol. The van der Waals surface area contributed by atoms with Crippen molar-refractivity contribution in [3.05, 3.63) is 12.2 Å². The first-order valence-corrected chi connectivity index (χ1v) is 14.1. The van der Waals surface area contributed by atoms with Gasteiger partial charge in [-0.05, 0) is 38.5 Å². The summed E-state index contributed by atoms with van der Waals surface area (Å²) in [7, 11) is 0. The Morgan fingerprint density at radius 3 is 1.23 bits per heavy atom. The molecule has 0 fully saturated rings. The summed E-state index contributed by atoms with van der Waals surface area (Å²) in [6.45, 7) is 4.53. The maximum Gasteiger partial charge on any atom is 0.306 e. The van der Waals surface area contributed by atoms with Crippen molar-refractivity contribution in [2.24, 2.45) is 5.92 Å². The smallest absolute Gasteiger partial charge is 0.306 e. The molecule has 1 N–H and O–H groups in total. The first kappa shape index (κ1) is 30.2. The number of allylic oxidation sites excluding steroid dienone is 2. The Labute approximate surface area is 195 Å². The largest absolute Gasteiger partial charge is 0.481 e. The van der Waals surface area contributed by atoms with Crippen LogP contribution in [0.2, 0.25) is 0 Å². The molecule has 0 aromatic heterocycles. The molecule has 0 spiro atoms. The van der Waals surface area contributed by atoms with Gasteiger partial charge in [-0.25, -0.2) is 0 Å². The maximum absolute atomic E-state index is 11.5. The maximum atomic E-state index is 11.5. The van der Waals surface area contributed by atoms with Crippen molar-refractivity contribution in [2.45, 2.75) is 162 Å². The molecular weight excluding hydrogens is 380 g/mol. The molecule has 0 bridgehead atoms. The molecule has 2 nitrogen and oxygen atoms in total. The summed E-state index contributed by atoms with van der Waals surface area (Å²) >= 11 is 0. The second-order valence-electron chi connectivity index (χ2n) is 9.67. The Hall–Kier alpha value is -0.790. The highest BCUT2D eigenvalue weighted by Crippen LogP contribution is 2.19. The van der Waals surface area contributed by atoms with Gasteiger partial charge in [0.2, 0.25) is 0 Å². The molecule has 2 heteroatoms. The van der Waals surface area contributed by atoms with E-state index in [1.165, 1.54) is 122 Å². The lowest BCUT2D eigenvalue weighted by molar-refractivity contribution is -0.142. The van der Waals surface area contributed by atoms with Crippen molar-refractivity contribution in [1.29, 1.82) is 0 Å². The number of hydrogen-bond acceptors (Lipinski definition) is 1. The van der Waals surface area contributed by atoms with Crippen LogP contribution in [0, 0.1) is 5.92 Å².